The van der Waals surface area contributed by atoms with Crippen molar-refractivity contribution in [3.8, 4) is 0 Å². The molecule has 6 heavy (non-hydrogen) atoms. The van der Waals surface area contributed by atoms with E-state index in [-0.39, 0.29) is 24.8 Å². The summed E-state index contributed by atoms with van der Waals surface area (Å²) in [6.45, 7) is 2.22. The third-order valence-corrected chi connectivity index (χ3v) is 0. The van der Waals surface area contributed by atoms with Crippen LogP contribution in [0.25, 0.3) is 0 Å². The molecular weight excluding hydrogens is 133 g/mol. The maximum Gasteiger partial charge on any atom is 0.263 e. The summed E-state index contributed by atoms with van der Waals surface area (Å²) in [5, 5.41) is 0. The molecule has 0 atom stereocenters. The molecule has 0 bridgehead atoms. The normalized spacial score (nSPS) is 4.33. The highest BCUT2D eigenvalue weighted by molar-refractivity contribution is 5.85. The summed E-state index contributed by atoms with van der Waals surface area (Å²) in [5.41, 5.74) is 0. The van der Waals surface area contributed by atoms with Gasteiger partial charge in [0.15, 0.2) is 0 Å². The zero-order chi connectivity index (χ0) is 3.58. The highest BCUT2D eigenvalue weighted by Gasteiger charge is 1.65. The van der Waals surface area contributed by atoms with Gasteiger partial charge in [-0.3, -0.25) is 0 Å². The lowest BCUT2D eigenvalue weighted by Crippen LogP contribution is -1.33. The Morgan fingerprint density at radius 2 is 1.17 bits per heavy atom. The van der Waals surface area contributed by atoms with Crippen LogP contribution in [-0.4, -0.2) is 0 Å². The van der Waals surface area contributed by atoms with Gasteiger partial charge in [0.2, 0.25) is 0 Å². The Morgan fingerprint density at radius 1 is 1.17 bits per heavy atom. The van der Waals surface area contributed by atoms with Gasteiger partial charge in [-0.05, 0) is 6.58 Å². The topological polar surface area (TPSA) is 0 Å². The summed E-state index contributed by atoms with van der Waals surface area (Å²) in [6, 6.07) is 0. The Labute approximate surface area is 47.1 Å². The molecule has 0 aromatic heterocycles. The predicted octanol–water partition coefficient (Wildman–Crippen LogP) is 2.24. The summed E-state index contributed by atoms with van der Waals surface area (Å²) in [5.74, 6) is 0. The molecule has 0 aromatic rings. The molecule has 0 saturated heterocycles. The maximum absolute atomic E-state index is 10.1. The van der Waals surface area contributed by atoms with Gasteiger partial charge in [-0.15, -0.1) is 24.8 Å². The molecule has 0 fully saturated rings. The van der Waals surface area contributed by atoms with Gasteiger partial charge in [-0.1, -0.05) is 0 Å². The fourth-order valence-electron chi connectivity index (χ4n) is 0. The van der Waals surface area contributed by atoms with Gasteiger partial charge in [0.25, 0.3) is 6.08 Å². The van der Waals surface area contributed by atoms with Gasteiger partial charge in [0, 0.05) is 0 Å². The smallest absolute Gasteiger partial charge is 0.174 e. The van der Waals surface area contributed by atoms with Gasteiger partial charge in [-0.2, -0.15) is 8.78 Å². The van der Waals surface area contributed by atoms with E-state index >= 15 is 0 Å². The molecular formula is C2H4Cl2F2. The van der Waals surface area contributed by atoms with Crippen molar-refractivity contribution in [2.45, 2.75) is 0 Å². The van der Waals surface area contributed by atoms with Crippen LogP contribution in [0.1, 0.15) is 0 Å². The van der Waals surface area contributed by atoms with Crippen LogP contribution >= 0.6 is 24.8 Å². The standard InChI is InChI=1S/C2H2F2.2ClH/c1-2(3)4;;/h1H2;2*1H. The molecule has 0 heterocycles. The van der Waals surface area contributed by atoms with Crippen molar-refractivity contribution >= 4 is 24.8 Å². The van der Waals surface area contributed by atoms with E-state index in [1.165, 1.54) is 0 Å². The van der Waals surface area contributed by atoms with Crippen LogP contribution in [0.3, 0.4) is 0 Å². The molecule has 0 amide bonds. The van der Waals surface area contributed by atoms with Crippen LogP contribution in [0, 0.1) is 0 Å². The van der Waals surface area contributed by atoms with Crippen LogP contribution in [0.15, 0.2) is 12.7 Å². The second-order valence-corrected chi connectivity index (χ2v) is 0.339. The van der Waals surface area contributed by atoms with Crippen molar-refractivity contribution in [1.82, 2.24) is 0 Å². The third-order valence-electron chi connectivity index (χ3n) is 0. The van der Waals surface area contributed by atoms with Crippen LogP contribution in [-0.2, 0) is 0 Å². The van der Waals surface area contributed by atoms with E-state index in [4.69, 9.17) is 0 Å². The Bertz CT molecular complexity index is 32.5. The van der Waals surface area contributed by atoms with E-state index in [1.54, 1.807) is 0 Å². The Balaban J connectivity index is -0.0000000450. The first kappa shape index (κ1) is 16.4. The largest absolute Gasteiger partial charge is 0.263 e. The van der Waals surface area contributed by atoms with Gasteiger partial charge in [0.1, 0.15) is 0 Å². The molecule has 0 saturated carbocycles. The zero-order valence-corrected chi connectivity index (χ0v) is 4.41. The number of hydrogen-bond donors (Lipinski definition) is 0. The molecule has 0 nitrogen and oxygen atoms in total. The van der Waals surface area contributed by atoms with E-state index in [9.17, 15) is 8.78 Å². The fourth-order valence-corrected chi connectivity index (χ4v) is 0. The molecule has 0 rings (SSSR count). The molecule has 0 N–H and O–H groups in total. The quantitative estimate of drug-likeness (QED) is 0.480. The van der Waals surface area contributed by atoms with Crippen molar-refractivity contribution < 1.29 is 8.78 Å². The molecule has 4 heteroatoms. The molecule has 0 aromatic carbocycles. The number of halogens is 4. The number of rotatable bonds is 0. The summed E-state index contributed by atoms with van der Waals surface area (Å²) in [4.78, 5) is 0. The monoisotopic (exact) mass is 136 g/mol. The minimum atomic E-state index is -1.83. The van der Waals surface area contributed by atoms with Crippen LogP contribution in [0.4, 0.5) is 8.78 Å². The highest BCUT2D eigenvalue weighted by Crippen LogP contribution is 1.85. The van der Waals surface area contributed by atoms with Crippen LogP contribution in [0.2, 0.25) is 0 Å². The molecule has 0 unspecified atom stereocenters. The van der Waals surface area contributed by atoms with Crippen molar-refractivity contribution in [2.24, 2.45) is 0 Å². The molecule has 0 spiro atoms. The first-order valence-corrected chi connectivity index (χ1v) is 0.732. The fraction of sp³-hybridized carbons (Fsp3) is 0. The summed E-state index contributed by atoms with van der Waals surface area (Å²) >= 11 is 0. The average Bonchev–Trinajstić information content (AvgIpc) is 0.811. The van der Waals surface area contributed by atoms with Crippen molar-refractivity contribution in [3.63, 3.8) is 0 Å². The van der Waals surface area contributed by atoms with Crippen molar-refractivity contribution in [1.29, 1.82) is 0 Å². The van der Waals surface area contributed by atoms with Gasteiger partial charge in [-0.25, -0.2) is 0 Å². The summed E-state index contributed by atoms with van der Waals surface area (Å²) < 4.78 is 20.3. The minimum absolute atomic E-state index is 0. The van der Waals surface area contributed by atoms with E-state index in [0.717, 1.165) is 0 Å². The van der Waals surface area contributed by atoms with E-state index in [0.29, 0.717) is 0 Å². The van der Waals surface area contributed by atoms with E-state index in [2.05, 4.69) is 6.58 Å². The molecule has 0 aliphatic carbocycles. The van der Waals surface area contributed by atoms with E-state index in [1.807, 2.05) is 0 Å². The molecule has 0 aliphatic rings. The van der Waals surface area contributed by atoms with Gasteiger partial charge >= 0.3 is 0 Å². The second-order valence-electron chi connectivity index (χ2n) is 0.339. The Morgan fingerprint density at radius 3 is 1.17 bits per heavy atom. The van der Waals surface area contributed by atoms with Crippen LogP contribution < -0.4 is 0 Å². The lowest BCUT2D eigenvalue weighted by atomic mass is 11.2. The third kappa shape index (κ3) is 1300. The zero-order valence-electron chi connectivity index (χ0n) is 2.78. The van der Waals surface area contributed by atoms with Gasteiger partial charge in [0.05, 0.1) is 0 Å². The second kappa shape index (κ2) is 8.95. The summed E-state index contributed by atoms with van der Waals surface area (Å²) in [6.07, 6.45) is -1.83. The van der Waals surface area contributed by atoms with Crippen molar-refractivity contribution in [3.05, 3.63) is 12.7 Å². The van der Waals surface area contributed by atoms with Crippen LogP contribution in [0.5, 0.6) is 0 Å². The van der Waals surface area contributed by atoms with Crippen molar-refractivity contribution in [2.75, 3.05) is 0 Å². The SMILES string of the molecule is C=C(F)F.Cl.Cl. The molecule has 0 radical (unpaired) electrons. The Kier molecular flexibility index (Phi) is 24.5. The lowest BCUT2D eigenvalue weighted by molar-refractivity contribution is 0.426. The summed E-state index contributed by atoms with van der Waals surface area (Å²) in [7, 11) is 0. The lowest BCUT2D eigenvalue weighted by Gasteiger charge is -1.54. The first-order valence-electron chi connectivity index (χ1n) is 0.732. The first-order chi connectivity index (χ1) is 1.73. The number of hydrogen-bond acceptors (Lipinski definition) is 0. The average molecular weight is 137 g/mol. The molecule has 40 valence electrons. The maximum atomic E-state index is 10.1. The van der Waals surface area contributed by atoms with E-state index < -0.39 is 6.08 Å². The minimum Gasteiger partial charge on any atom is -0.174 e. The Hall–Kier alpha value is 0.180. The highest BCUT2D eigenvalue weighted by atomic mass is 35.5. The predicted molar refractivity (Wildman–Crippen MR) is 25.9 cm³/mol. The van der Waals surface area contributed by atoms with Gasteiger partial charge < -0.3 is 0 Å². The molecule has 0 aliphatic heterocycles.